The van der Waals surface area contributed by atoms with Gasteiger partial charge in [0.05, 0.1) is 6.26 Å². The van der Waals surface area contributed by atoms with E-state index in [0.29, 0.717) is 18.8 Å². The Morgan fingerprint density at radius 2 is 1.94 bits per heavy atom. The van der Waals surface area contributed by atoms with Crippen LogP contribution < -0.4 is 5.32 Å². The lowest BCUT2D eigenvalue weighted by molar-refractivity contribution is 0.0657. The van der Waals surface area contributed by atoms with Gasteiger partial charge in [-0.1, -0.05) is 6.42 Å². The molecule has 9 nitrogen and oxygen atoms in total. The number of carbonyl (C=O) groups is 1. The smallest absolute Gasteiger partial charge is 0.289 e. The fraction of sp³-hybridized carbons (Fsp3) is 0.636. The third-order valence-electron chi connectivity index (χ3n) is 5.94. The summed E-state index contributed by atoms with van der Waals surface area (Å²) in [6.07, 6.45) is 8.15. The van der Waals surface area contributed by atoms with Crippen molar-refractivity contribution in [2.24, 2.45) is 4.99 Å². The standard InChI is InChI=1S/C22H33N7O2.HI/c1-2-23-22(28-15-13-27(14-16-28)21(30)18-8-7-17-31-18)24-11-6-10-20-26-25-19-9-4-3-5-12-29(19)20;/h7-8,17H,2-6,9-16H2,1H3,(H,23,24);1H. The van der Waals surface area contributed by atoms with E-state index in [2.05, 4.69) is 31.9 Å². The summed E-state index contributed by atoms with van der Waals surface area (Å²) < 4.78 is 7.56. The van der Waals surface area contributed by atoms with Gasteiger partial charge >= 0.3 is 0 Å². The number of amides is 1. The number of fused-ring (bicyclic) bond motifs is 1. The molecule has 0 atom stereocenters. The highest BCUT2D eigenvalue weighted by atomic mass is 127. The lowest BCUT2D eigenvalue weighted by Crippen LogP contribution is -2.53. The largest absolute Gasteiger partial charge is 0.459 e. The molecule has 0 unspecified atom stereocenters. The molecule has 10 heteroatoms. The summed E-state index contributed by atoms with van der Waals surface area (Å²) in [5, 5.41) is 12.2. The zero-order valence-electron chi connectivity index (χ0n) is 18.8. The van der Waals surface area contributed by atoms with E-state index in [9.17, 15) is 4.79 Å². The lowest BCUT2D eigenvalue weighted by Gasteiger charge is -2.36. The Kier molecular flexibility index (Phi) is 9.36. The second kappa shape index (κ2) is 12.2. The van der Waals surface area contributed by atoms with Crippen molar-refractivity contribution in [2.45, 2.75) is 52.0 Å². The molecule has 0 saturated carbocycles. The third kappa shape index (κ3) is 6.02. The molecule has 1 N–H and O–H groups in total. The molecule has 1 amide bonds. The monoisotopic (exact) mass is 555 g/mol. The molecule has 0 spiro atoms. The van der Waals surface area contributed by atoms with Crippen molar-refractivity contribution in [3.63, 3.8) is 0 Å². The first-order valence-electron chi connectivity index (χ1n) is 11.5. The van der Waals surface area contributed by atoms with Crippen LogP contribution in [0.15, 0.2) is 27.8 Å². The SMILES string of the molecule is CCNC(=NCCCc1nnc2n1CCCCC2)N1CCN(C(=O)c2ccco2)CC1.I. The van der Waals surface area contributed by atoms with Crippen LogP contribution in [0, 0.1) is 0 Å². The number of nitrogens with one attached hydrogen (secondary N) is 1. The van der Waals surface area contributed by atoms with Crippen LogP contribution in [0.4, 0.5) is 0 Å². The molecule has 0 radical (unpaired) electrons. The average Bonchev–Trinajstić information content (AvgIpc) is 3.41. The molecule has 176 valence electrons. The van der Waals surface area contributed by atoms with E-state index in [-0.39, 0.29) is 29.9 Å². The highest BCUT2D eigenvalue weighted by Gasteiger charge is 2.25. The van der Waals surface area contributed by atoms with Gasteiger partial charge in [-0.15, -0.1) is 34.2 Å². The quantitative estimate of drug-likeness (QED) is 0.255. The Balaban J connectivity index is 0.00000289. The van der Waals surface area contributed by atoms with E-state index in [1.54, 1.807) is 12.1 Å². The van der Waals surface area contributed by atoms with E-state index < -0.39 is 0 Å². The van der Waals surface area contributed by atoms with Gasteiger partial charge in [0.25, 0.3) is 5.91 Å². The number of halogens is 1. The highest BCUT2D eigenvalue weighted by Crippen LogP contribution is 2.15. The van der Waals surface area contributed by atoms with Crippen molar-refractivity contribution in [3.8, 4) is 0 Å². The number of piperazine rings is 1. The minimum atomic E-state index is -0.0426. The number of aliphatic imine (C=N–C) groups is 1. The van der Waals surface area contributed by atoms with Crippen molar-refractivity contribution in [2.75, 3.05) is 39.3 Å². The van der Waals surface area contributed by atoms with Gasteiger partial charge < -0.3 is 24.1 Å². The summed E-state index contributed by atoms with van der Waals surface area (Å²) in [5.74, 6) is 3.53. The van der Waals surface area contributed by atoms with E-state index in [4.69, 9.17) is 9.41 Å². The van der Waals surface area contributed by atoms with Crippen molar-refractivity contribution in [1.29, 1.82) is 0 Å². The minimum Gasteiger partial charge on any atom is -0.459 e. The van der Waals surface area contributed by atoms with Crippen LogP contribution in [0.1, 0.15) is 54.8 Å². The van der Waals surface area contributed by atoms with Crippen LogP contribution in [0.2, 0.25) is 0 Å². The Labute approximate surface area is 206 Å². The summed E-state index contributed by atoms with van der Waals surface area (Å²) in [6.45, 7) is 7.54. The molecule has 4 rings (SSSR count). The van der Waals surface area contributed by atoms with Gasteiger partial charge in [0, 0.05) is 58.7 Å². The van der Waals surface area contributed by atoms with Crippen molar-refractivity contribution >= 4 is 35.8 Å². The van der Waals surface area contributed by atoms with Crippen LogP contribution in [-0.2, 0) is 19.4 Å². The number of guanidine groups is 1. The van der Waals surface area contributed by atoms with E-state index >= 15 is 0 Å². The molecule has 2 aromatic heterocycles. The highest BCUT2D eigenvalue weighted by molar-refractivity contribution is 14.0. The zero-order valence-corrected chi connectivity index (χ0v) is 21.2. The topological polar surface area (TPSA) is 91.8 Å². The van der Waals surface area contributed by atoms with Gasteiger partial charge in [0.2, 0.25) is 0 Å². The van der Waals surface area contributed by atoms with Gasteiger partial charge in [0.1, 0.15) is 11.6 Å². The normalized spacial score (nSPS) is 16.8. The number of aryl methyl sites for hydroxylation is 2. The first kappa shape index (κ1) is 24.5. The van der Waals surface area contributed by atoms with Crippen molar-refractivity contribution in [3.05, 3.63) is 35.8 Å². The predicted molar refractivity (Wildman–Crippen MR) is 133 cm³/mol. The molecule has 0 aromatic carbocycles. The molecule has 2 aliphatic rings. The van der Waals surface area contributed by atoms with Crippen LogP contribution in [0.3, 0.4) is 0 Å². The maximum atomic E-state index is 12.5. The molecule has 2 aromatic rings. The molecule has 1 saturated heterocycles. The lowest BCUT2D eigenvalue weighted by atomic mass is 10.2. The number of hydrogen-bond donors (Lipinski definition) is 1. The number of aromatic nitrogens is 3. The van der Waals surface area contributed by atoms with Gasteiger partial charge in [-0.3, -0.25) is 9.79 Å². The summed E-state index contributed by atoms with van der Waals surface area (Å²) in [7, 11) is 0. The predicted octanol–water partition coefficient (Wildman–Crippen LogP) is 2.57. The Bertz CT molecular complexity index is 873. The van der Waals surface area contributed by atoms with Crippen LogP contribution >= 0.6 is 24.0 Å². The maximum absolute atomic E-state index is 12.5. The molecule has 2 aliphatic heterocycles. The molecule has 0 aliphatic carbocycles. The second-order valence-corrected chi connectivity index (χ2v) is 8.09. The number of furan rings is 1. The van der Waals surface area contributed by atoms with Gasteiger partial charge in [0.15, 0.2) is 11.7 Å². The minimum absolute atomic E-state index is 0. The van der Waals surface area contributed by atoms with Gasteiger partial charge in [-0.05, 0) is 38.3 Å². The first-order chi connectivity index (χ1) is 15.3. The summed E-state index contributed by atoms with van der Waals surface area (Å²) in [5.41, 5.74) is 0. The van der Waals surface area contributed by atoms with Crippen LogP contribution in [0.25, 0.3) is 0 Å². The van der Waals surface area contributed by atoms with Crippen molar-refractivity contribution in [1.82, 2.24) is 29.9 Å². The Hall–Kier alpha value is -2.11. The number of nitrogens with zero attached hydrogens (tertiary/aromatic N) is 6. The zero-order chi connectivity index (χ0) is 21.5. The van der Waals surface area contributed by atoms with E-state index in [1.165, 1.54) is 25.5 Å². The Morgan fingerprint density at radius 3 is 2.69 bits per heavy atom. The average molecular weight is 555 g/mol. The van der Waals surface area contributed by atoms with E-state index in [0.717, 1.165) is 69.6 Å². The maximum Gasteiger partial charge on any atom is 0.289 e. The number of hydrogen-bond acceptors (Lipinski definition) is 5. The molecular formula is C22H34IN7O2. The summed E-state index contributed by atoms with van der Waals surface area (Å²) in [4.78, 5) is 21.4. The van der Waals surface area contributed by atoms with Gasteiger partial charge in [-0.2, -0.15) is 0 Å². The third-order valence-corrected chi connectivity index (χ3v) is 5.94. The van der Waals surface area contributed by atoms with Crippen LogP contribution in [0.5, 0.6) is 0 Å². The molecule has 32 heavy (non-hydrogen) atoms. The molecular weight excluding hydrogens is 521 g/mol. The summed E-state index contributed by atoms with van der Waals surface area (Å²) in [6, 6.07) is 3.46. The molecule has 0 bridgehead atoms. The van der Waals surface area contributed by atoms with Crippen molar-refractivity contribution < 1.29 is 9.21 Å². The van der Waals surface area contributed by atoms with E-state index in [1.807, 2.05) is 4.90 Å². The molecule has 1 fully saturated rings. The molecule has 4 heterocycles. The first-order valence-corrected chi connectivity index (χ1v) is 11.5. The second-order valence-electron chi connectivity index (χ2n) is 8.09. The number of rotatable bonds is 6. The fourth-order valence-electron chi connectivity index (χ4n) is 4.26. The van der Waals surface area contributed by atoms with Crippen LogP contribution in [-0.4, -0.2) is 75.7 Å². The Morgan fingerprint density at radius 1 is 1.12 bits per heavy atom. The van der Waals surface area contributed by atoms with Gasteiger partial charge in [-0.25, -0.2) is 0 Å². The summed E-state index contributed by atoms with van der Waals surface area (Å²) >= 11 is 0. The number of carbonyl (C=O) groups excluding carboxylic acids is 1. The fourth-order valence-corrected chi connectivity index (χ4v) is 4.26.